The van der Waals surface area contributed by atoms with Crippen LogP contribution >= 0.6 is 0 Å². The molecule has 6 nitrogen and oxygen atoms in total. The summed E-state index contributed by atoms with van der Waals surface area (Å²) in [5, 5.41) is 12.0. The van der Waals surface area contributed by atoms with Crippen molar-refractivity contribution in [2.24, 2.45) is 0 Å². The lowest BCUT2D eigenvalue weighted by atomic mass is 10.1. The molecular formula is C20H27N5O. The van der Waals surface area contributed by atoms with Gasteiger partial charge in [0, 0.05) is 25.1 Å². The average Bonchev–Trinajstić information content (AvgIpc) is 3.28. The van der Waals surface area contributed by atoms with Crippen molar-refractivity contribution in [3.05, 3.63) is 36.2 Å². The smallest absolute Gasteiger partial charge is 0.243 e. The van der Waals surface area contributed by atoms with Gasteiger partial charge in [-0.3, -0.25) is 9.36 Å². The molecule has 0 aliphatic carbocycles. The Kier molecular flexibility index (Phi) is 5.29. The summed E-state index contributed by atoms with van der Waals surface area (Å²) >= 11 is 0. The van der Waals surface area contributed by atoms with Crippen molar-refractivity contribution in [1.29, 1.82) is 0 Å². The molecule has 0 radical (unpaired) electrons. The van der Waals surface area contributed by atoms with E-state index >= 15 is 0 Å². The molecule has 0 saturated carbocycles. The van der Waals surface area contributed by atoms with Crippen LogP contribution in [0.1, 0.15) is 44.0 Å². The lowest BCUT2D eigenvalue weighted by molar-refractivity contribution is -0.124. The maximum Gasteiger partial charge on any atom is 0.243 e. The van der Waals surface area contributed by atoms with E-state index in [1.165, 1.54) is 12.8 Å². The maximum atomic E-state index is 13.0. The third kappa shape index (κ3) is 3.65. The molecule has 4 rings (SSSR count). The predicted octanol–water partition coefficient (Wildman–Crippen LogP) is 2.42. The first kappa shape index (κ1) is 17.2. The molecule has 26 heavy (non-hydrogen) atoms. The quantitative estimate of drug-likeness (QED) is 0.897. The number of benzene rings is 1. The summed E-state index contributed by atoms with van der Waals surface area (Å²) in [5.41, 5.74) is 1.02. The Morgan fingerprint density at radius 2 is 1.88 bits per heavy atom. The van der Waals surface area contributed by atoms with Gasteiger partial charge in [0.2, 0.25) is 5.91 Å². The summed E-state index contributed by atoms with van der Waals surface area (Å²) in [6, 6.07) is 9.84. The summed E-state index contributed by atoms with van der Waals surface area (Å²) < 4.78 is 2.08. The fourth-order valence-electron chi connectivity index (χ4n) is 4.07. The van der Waals surface area contributed by atoms with Crippen LogP contribution in [0.5, 0.6) is 0 Å². The van der Waals surface area contributed by atoms with Gasteiger partial charge in [0.25, 0.3) is 0 Å². The number of amides is 1. The average molecular weight is 353 g/mol. The number of carbonyl (C=O) groups excluding carboxylic acids is 1. The fraction of sp³-hybridized carbons (Fsp3) is 0.550. The molecule has 1 aromatic carbocycles. The molecule has 3 heterocycles. The second-order valence-electron chi connectivity index (χ2n) is 7.28. The number of carbonyl (C=O) groups is 1. The number of fused-ring (bicyclic) bond motifs is 1. The summed E-state index contributed by atoms with van der Waals surface area (Å²) in [7, 11) is 0. The van der Waals surface area contributed by atoms with Crippen LogP contribution in [0.4, 0.5) is 0 Å². The molecule has 1 N–H and O–H groups in total. The van der Waals surface area contributed by atoms with Crippen molar-refractivity contribution in [3.8, 4) is 11.4 Å². The highest BCUT2D eigenvalue weighted by molar-refractivity contribution is 5.81. The van der Waals surface area contributed by atoms with Gasteiger partial charge in [0.15, 0.2) is 5.82 Å². The van der Waals surface area contributed by atoms with E-state index in [1.807, 2.05) is 30.3 Å². The van der Waals surface area contributed by atoms with Crippen LogP contribution in [0.2, 0.25) is 0 Å². The first-order valence-corrected chi connectivity index (χ1v) is 9.82. The molecule has 1 fully saturated rings. The van der Waals surface area contributed by atoms with Gasteiger partial charge in [-0.15, -0.1) is 10.2 Å². The van der Waals surface area contributed by atoms with E-state index in [-0.39, 0.29) is 11.9 Å². The molecule has 6 heteroatoms. The third-order valence-corrected chi connectivity index (χ3v) is 5.47. The normalized spacial score (nSPS) is 20.5. The lowest BCUT2D eigenvalue weighted by Gasteiger charge is -2.21. The Morgan fingerprint density at radius 3 is 2.69 bits per heavy atom. The molecule has 0 bridgehead atoms. The van der Waals surface area contributed by atoms with Crippen LogP contribution in [-0.4, -0.2) is 51.8 Å². The van der Waals surface area contributed by atoms with Gasteiger partial charge in [0.05, 0.1) is 0 Å². The standard InChI is InChI=1S/C20H27N5O/c26-20(21-12-15-24-13-6-7-14-24)17-10-4-5-11-18-22-23-19(25(17)18)16-8-2-1-3-9-16/h1-3,8-9,17H,4-7,10-15H2,(H,21,26)/t17-/m0/s1. The maximum absolute atomic E-state index is 13.0. The van der Waals surface area contributed by atoms with E-state index in [9.17, 15) is 4.79 Å². The zero-order chi connectivity index (χ0) is 17.8. The second-order valence-corrected chi connectivity index (χ2v) is 7.28. The molecule has 0 spiro atoms. The van der Waals surface area contributed by atoms with Crippen molar-refractivity contribution in [1.82, 2.24) is 25.0 Å². The first-order chi connectivity index (χ1) is 12.8. The Balaban J connectivity index is 1.51. The van der Waals surface area contributed by atoms with E-state index < -0.39 is 0 Å². The van der Waals surface area contributed by atoms with Crippen LogP contribution in [0.25, 0.3) is 11.4 Å². The Bertz CT molecular complexity index is 736. The SMILES string of the molecule is O=C(NCCN1CCCC1)[C@@H]1CCCCc2nnc(-c3ccccc3)n21. The minimum Gasteiger partial charge on any atom is -0.353 e. The molecular weight excluding hydrogens is 326 g/mol. The van der Waals surface area contributed by atoms with Crippen LogP contribution in [0.3, 0.4) is 0 Å². The first-order valence-electron chi connectivity index (χ1n) is 9.82. The highest BCUT2D eigenvalue weighted by atomic mass is 16.2. The largest absolute Gasteiger partial charge is 0.353 e. The minimum absolute atomic E-state index is 0.101. The van der Waals surface area contributed by atoms with E-state index in [0.29, 0.717) is 6.54 Å². The van der Waals surface area contributed by atoms with Crippen LogP contribution in [-0.2, 0) is 11.2 Å². The molecule has 138 valence electrons. The topological polar surface area (TPSA) is 63.1 Å². The van der Waals surface area contributed by atoms with Gasteiger partial charge in [-0.2, -0.15) is 0 Å². The van der Waals surface area contributed by atoms with Crippen molar-refractivity contribution >= 4 is 5.91 Å². The number of hydrogen-bond acceptors (Lipinski definition) is 4. The van der Waals surface area contributed by atoms with Crippen LogP contribution in [0, 0.1) is 0 Å². The molecule has 0 unspecified atom stereocenters. The van der Waals surface area contributed by atoms with Crippen molar-refractivity contribution in [2.75, 3.05) is 26.2 Å². The Labute approximate surface area is 154 Å². The zero-order valence-electron chi connectivity index (χ0n) is 15.2. The van der Waals surface area contributed by atoms with Crippen molar-refractivity contribution in [3.63, 3.8) is 0 Å². The van der Waals surface area contributed by atoms with Crippen LogP contribution in [0.15, 0.2) is 30.3 Å². The summed E-state index contributed by atoms with van der Waals surface area (Å²) in [5.74, 6) is 1.84. The van der Waals surface area contributed by atoms with Gasteiger partial charge in [-0.05, 0) is 38.8 Å². The molecule has 2 aliphatic rings. The van der Waals surface area contributed by atoms with Crippen molar-refractivity contribution < 1.29 is 4.79 Å². The molecule has 1 saturated heterocycles. The fourth-order valence-corrected chi connectivity index (χ4v) is 4.07. The highest BCUT2D eigenvalue weighted by Crippen LogP contribution is 2.29. The van der Waals surface area contributed by atoms with Gasteiger partial charge >= 0.3 is 0 Å². The van der Waals surface area contributed by atoms with Gasteiger partial charge in [-0.1, -0.05) is 36.8 Å². The molecule has 2 aromatic rings. The molecule has 2 aliphatic heterocycles. The summed E-state index contributed by atoms with van der Waals surface area (Å²) in [4.78, 5) is 15.4. The van der Waals surface area contributed by atoms with Gasteiger partial charge in [0.1, 0.15) is 11.9 Å². The second kappa shape index (κ2) is 7.99. The van der Waals surface area contributed by atoms with E-state index in [0.717, 1.165) is 62.5 Å². The number of nitrogens with zero attached hydrogens (tertiary/aromatic N) is 4. The van der Waals surface area contributed by atoms with E-state index in [4.69, 9.17) is 0 Å². The molecule has 1 amide bonds. The number of likely N-dealkylation sites (tertiary alicyclic amines) is 1. The number of aryl methyl sites for hydroxylation is 1. The summed E-state index contributed by atoms with van der Waals surface area (Å²) in [6.07, 6.45) is 6.40. The Morgan fingerprint density at radius 1 is 1.08 bits per heavy atom. The molecule has 1 atom stereocenters. The minimum atomic E-state index is -0.212. The number of nitrogens with one attached hydrogen (secondary N) is 1. The predicted molar refractivity (Wildman–Crippen MR) is 101 cm³/mol. The third-order valence-electron chi connectivity index (χ3n) is 5.47. The summed E-state index contributed by atoms with van der Waals surface area (Å²) in [6.45, 7) is 3.98. The zero-order valence-corrected chi connectivity index (χ0v) is 15.2. The molecule has 1 aromatic heterocycles. The lowest BCUT2D eigenvalue weighted by Crippen LogP contribution is -2.38. The van der Waals surface area contributed by atoms with Crippen molar-refractivity contribution in [2.45, 2.75) is 44.6 Å². The highest BCUT2D eigenvalue weighted by Gasteiger charge is 2.29. The van der Waals surface area contributed by atoms with Gasteiger partial charge in [-0.25, -0.2) is 0 Å². The van der Waals surface area contributed by atoms with Crippen LogP contribution < -0.4 is 5.32 Å². The Hall–Kier alpha value is -2.21. The monoisotopic (exact) mass is 353 g/mol. The number of aromatic nitrogens is 3. The number of rotatable bonds is 5. The number of hydrogen-bond donors (Lipinski definition) is 1. The van der Waals surface area contributed by atoms with Gasteiger partial charge < -0.3 is 10.2 Å². The van der Waals surface area contributed by atoms with E-state index in [2.05, 4.69) is 25.0 Å². The van der Waals surface area contributed by atoms with E-state index in [1.54, 1.807) is 0 Å².